The lowest BCUT2D eigenvalue weighted by molar-refractivity contribution is -0.126. The maximum absolute atomic E-state index is 12.7. The third-order valence-corrected chi connectivity index (χ3v) is 5.03. The molecule has 1 amide bonds. The zero-order valence-corrected chi connectivity index (χ0v) is 17.9. The Hall–Kier alpha value is -2.34. The van der Waals surface area contributed by atoms with E-state index in [1.165, 1.54) is 6.08 Å². The fourth-order valence-corrected chi connectivity index (χ4v) is 3.49. The van der Waals surface area contributed by atoms with Gasteiger partial charge in [-0.05, 0) is 48.4 Å². The molecule has 3 aromatic rings. The fraction of sp³-hybridized carbons (Fsp3) is 0.190. The molecule has 150 valence electrons. The zero-order valence-electron chi connectivity index (χ0n) is 15.6. The Morgan fingerprint density at radius 2 is 1.86 bits per heavy atom. The third-order valence-electron chi connectivity index (χ3n) is 4.23. The molecule has 1 heterocycles. The Balaban J connectivity index is 1.84. The van der Waals surface area contributed by atoms with Crippen LogP contribution in [0.3, 0.4) is 0 Å². The lowest BCUT2D eigenvalue weighted by atomic mass is 10.2. The van der Waals surface area contributed by atoms with Crippen molar-refractivity contribution in [3.63, 3.8) is 0 Å². The Morgan fingerprint density at radius 1 is 1.14 bits per heavy atom. The topological polar surface area (TPSA) is 66.1 Å². The van der Waals surface area contributed by atoms with Gasteiger partial charge in [-0.2, -0.15) is 0 Å². The van der Waals surface area contributed by atoms with E-state index in [9.17, 15) is 9.59 Å². The van der Waals surface area contributed by atoms with Crippen LogP contribution in [0.25, 0.3) is 17.0 Å². The molecule has 29 heavy (non-hydrogen) atoms. The van der Waals surface area contributed by atoms with E-state index in [2.05, 4.69) is 9.97 Å². The largest absolute Gasteiger partial charge is 0.332 e. The second-order valence-corrected chi connectivity index (χ2v) is 7.71. The van der Waals surface area contributed by atoms with Crippen LogP contribution in [0.5, 0.6) is 0 Å². The number of carbonyl (C=O) groups is 1. The summed E-state index contributed by atoms with van der Waals surface area (Å²) in [5.41, 5.74) is 0.908. The Labute approximate surface area is 182 Å². The van der Waals surface area contributed by atoms with Gasteiger partial charge in [0.1, 0.15) is 5.82 Å². The molecule has 0 aliphatic rings. The smallest absolute Gasteiger partial charge is 0.258 e. The van der Waals surface area contributed by atoms with Crippen LogP contribution in [0.2, 0.25) is 15.1 Å². The van der Waals surface area contributed by atoms with Crippen LogP contribution in [0.1, 0.15) is 24.7 Å². The number of halogens is 3. The second-order valence-electron chi connectivity index (χ2n) is 6.43. The van der Waals surface area contributed by atoms with Gasteiger partial charge in [0.15, 0.2) is 0 Å². The first kappa shape index (κ1) is 21.4. The molecule has 0 radical (unpaired) electrons. The van der Waals surface area contributed by atoms with Crippen molar-refractivity contribution < 1.29 is 4.79 Å². The van der Waals surface area contributed by atoms with Crippen LogP contribution in [0.15, 0.2) is 47.3 Å². The fourth-order valence-electron chi connectivity index (χ4n) is 2.86. The van der Waals surface area contributed by atoms with Gasteiger partial charge in [0, 0.05) is 27.7 Å². The minimum absolute atomic E-state index is 0.170. The lowest BCUT2D eigenvalue weighted by Crippen LogP contribution is -2.31. The van der Waals surface area contributed by atoms with E-state index < -0.39 is 0 Å². The van der Waals surface area contributed by atoms with Crippen molar-refractivity contribution in [2.24, 2.45) is 0 Å². The molecule has 0 unspecified atom stereocenters. The molecule has 3 rings (SSSR count). The summed E-state index contributed by atoms with van der Waals surface area (Å²) in [6.45, 7) is 2.65. The first-order valence-corrected chi connectivity index (χ1v) is 10.1. The van der Waals surface area contributed by atoms with Gasteiger partial charge in [0.05, 0.1) is 17.4 Å². The second kappa shape index (κ2) is 9.44. The number of aromatic nitrogens is 2. The summed E-state index contributed by atoms with van der Waals surface area (Å²) in [4.78, 5) is 33.8. The lowest BCUT2D eigenvalue weighted by Gasteiger charge is -2.20. The van der Waals surface area contributed by atoms with Gasteiger partial charge >= 0.3 is 0 Å². The number of H-pyrrole nitrogens is 1. The number of nitrogens with zero attached hydrogens (tertiary/aromatic N) is 2. The van der Waals surface area contributed by atoms with Crippen molar-refractivity contribution >= 4 is 57.7 Å². The van der Waals surface area contributed by atoms with Gasteiger partial charge in [0.25, 0.3) is 5.56 Å². The maximum atomic E-state index is 12.7. The van der Waals surface area contributed by atoms with E-state index in [-0.39, 0.29) is 18.0 Å². The van der Waals surface area contributed by atoms with E-state index in [0.29, 0.717) is 43.9 Å². The quantitative estimate of drug-likeness (QED) is 0.516. The number of amides is 1. The molecule has 0 fully saturated rings. The predicted molar refractivity (Wildman–Crippen MR) is 119 cm³/mol. The maximum Gasteiger partial charge on any atom is 0.258 e. The zero-order chi connectivity index (χ0) is 21.0. The average Bonchev–Trinajstić information content (AvgIpc) is 2.66. The monoisotopic (exact) mass is 449 g/mol. The molecule has 0 saturated carbocycles. The molecule has 1 N–H and O–H groups in total. The number of nitrogens with one attached hydrogen (secondary N) is 1. The standard InChI is InChI=1S/C21H18Cl3N3O2/c1-2-9-27(20(28)8-4-13-3-5-14(22)10-17(13)24)12-19-25-18-11-15(23)6-7-16(18)21(29)26-19/h3-8,10-11H,2,9,12H2,1H3,(H,25,26,29)/b8-4+. The van der Waals surface area contributed by atoms with Crippen LogP contribution in [-0.2, 0) is 11.3 Å². The first-order chi connectivity index (χ1) is 13.9. The number of aromatic amines is 1. The molecule has 2 aromatic carbocycles. The molecular weight excluding hydrogens is 433 g/mol. The summed E-state index contributed by atoms with van der Waals surface area (Å²) in [5, 5.41) is 1.92. The molecule has 0 aliphatic heterocycles. The number of rotatable bonds is 6. The molecule has 0 bridgehead atoms. The molecular formula is C21H18Cl3N3O2. The van der Waals surface area contributed by atoms with E-state index in [1.54, 1.807) is 47.4 Å². The summed E-state index contributed by atoms with van der Waals surface area (Å²) in [7, 11) is 0. The summed E-state index contributed by atoms with van der Waals surface area (Å²) < 4.78 is 0. The van der Waals surface area contributed by atoms with Crippen molar-refractivity contribution in [3.05, 3.63) is 79.3 Å². The Morgan fingerprint density at radius 3 is 2.59 bits per heavy atom. The Kier molecular flexibility index (Phi) is 6.96. The molecule has 5 nitrogen and oxygen atoms in total. The molecule has 0 aliphatic carbocycles. The van der Waals surface area contributed by atoms with Gasteiger partial charge in [-0.1, -0.05) is 47.8 Å². The number of hydrogen-bond donors (Lipinski definition) is 1. The van der Waals surface area contributed by atoms with Crippen LogP contribution in [0, 0.1) is 0 Å². The molecule has 0 atom stereocenters. The summed E-state index contributed by atoms with van der Waals surface area (Å²) >= 11 is 18.1. The predicted octanol–water partition coefficient (Wildman–Crippen LogP) is 5.34. The number of benzene rings is 2. The summed E-state index contributed by atoms with van der Waals surface area (Å²) in [5.74, 6) is 0.177. The summed E-state index contributed by atoms with van der Waals surface area (Å²) in [6.07, 6.45) is 3.84. The average molecular weight is 451 g/mol. The van der Waals surface area contributed by atoms with Crippen molar-refractivity contribution in [1.29, 1.82) is 0 Å². The van der Waals surface area contributed by atoms with Crippen LogP contribution in [0.4, 0.5) is 0 Å². The highest BCUT2D eigenvalue weighted by Gasteiger charge is 2.13. The normalized spacial score (nSPS) is 11.3. The van der Waals surface area contributed by atoms with Gasteiger partial charge in [-0.3, -0.25) is 9.59 Å². The van der Waals surface area contributed by atoms with Crippen LogP contribution >= 0.6 is 34.8 Å². The van der Waals surface area contributed by atoms with Crippen LogP contribution in [-0.4, -0.2) is 27.3 Å². The number of carbonyl (C=O) groups excluding carboxylic acids is 1. The van der Waals surface area contributed by atoms with Crippen molar-refractivity contribution in [1.82, 2.24) is 14.9 Å². The minimum atomic E-state index is -0.269. The van der Waals surface area contributed by atoms with Crippen LogP contribution < -0.4 is 5.56 Å². The summed E-state index contributed by atoms with van der Waals surface area (Å²) in [6, 6.07) is 9.96. The highest BCUT2D eigenvalue weighted by Crippen LogP contribution is 2.22. The third kappa shape index (κ3) is 5.38. The highest BCUT2D eigenvalue weighted by atomic mass is 35.5. The van der Waals surface area contributed by atoms with Crippen molar-refractivity contribution in [2.75, 3.05) is 6.54 Å². The van der Waals surface area contributed by atoms with Gasteiger partial charge in [0.2, 0.25) is 5.91 Å². The minimum Gasteiger partial charge on any atom is -0.332 e. The SMILES string of the molecule is CCCN(Cc1nc2cc(Cl)ccc2c(=O)[nH]1)C(=O)/C=C/c1ccc(Cl)cc1Cl. The molecule has 8 heteroatoms. The van der Waals surface area contributed by atoms with Gasteiger partial charge < -0.3 is 9.88 Å². The van der Waals surface area contributed by atoms with E-state index in [0.717, 1.165) is 6.42 Å². The molecule has 1 aromatic heterocycles. The Bertz CT molecular complexity index is 1140. The van der Waals surface area contributed by atoms with E-state index >= 15 is 0 Å². The van der Waals surface area contributed by atoms with Crippen molar-refractivity contribution in [2.45, 2.75) is 19.9 Å². The highest BCUT2D eigenvalue weighted by molar-refractivity contribution is 6.35. The molecule has 0 spiro atoms. The van der Waals surface area contributed by atoms with E-state index in [1.807, 2.05) is 6.92 Å². The van der Waals surface area contributed by atoms with E-state index in [4.69, 9.17) is 34.8 Å². The van der Waals surface area contributed by atoms with Gasteiger partial charge in [-0.15, -0.1) is 0 Å². The first-order valence-electron chi connectivity index (χ1n) is 8.98. The van der Waals surface area contributed by atoms with Gasteiger partial charge in [-0.25, -0.2) is 4.98 Å². The number of fused-ring (bicyclic) bond motifs is 1. The number of hydrogen-bond acceptors (Lipinski definition) is 3. The van der Waals surface area contributed by atoms with Crippen molar-refractivity contribution in [3.8, 4) is 0 Å². The molecule has 0 saturated heterocycles.